The molecule has 0 bridgehead atoms. The third-order valence-corrected chi connectivity index (χ3v) is 3.03. The highest BCUT2D eigenvalue weighted by atomic mass is 16.5. The first-order valence-electron chi connectivity index (χ1n) is 5.90. The van der Waals surface area contributed by atoms with Gasteiger partial charge in [-0.05, 0) is 17.7 Å². The molecular formula is C13H17NO4. The second kappa shape index (κ2) is 5.84. The Kier molecular flexibility index (Phi) is 4.17. The van der Waals surface area contributed by atoms with E-state index in [2.05, 4.69) is 4.90 Å². The Bertz CT molecular complexity index is 398. The van der Waals surface area contributed by atoms with Crippen LogP contribution in [0, 0.1) is 0 Å². The first-order chi connectivity index (χ1) is 8.72. The molecule has 1 unspecified atom stereocenters. The van der Waals surface area contributed by atoms with Crippen LogP contribution >= 0.6 is 0 Å². The van der Waals surface area contributed by atoms with E-state index < -0.39 is 12.1 Å². The van der Waals surface area contributed by atoms with Gasteiger partial charge in [-0.25, -0.2) is 4.79 Å². The highest BCUT2D eigenvalue weighted by Gasteiger charge is 2.19. The Morgan fingerprint density at radius 3 is 2.44 bits per heavy atom. The third kappa shape index (κ3) is 2.80. The lowest BCUT2D eigenvalue weighted by Gasteiger charge is -2.29. The molecule has 1 aliphatic rings. The highest BCUT2D eigenvalue weighted by molar-refractivity contribution is 5.74. The fourth-order valence-corrected chi connectivity index (χ4v) is 2.06. The molecule has 0 saturated carbocycles. The molecule has 1 aromatic rings. The minimum Gasteiger partial charge on any atom is -0.479 e. The van der Waals surface area contributed by atoms with Gasteiger partial charge in [0, 0.05) is 25.9 Å². The number of hydrogen-bond acceptors (Lipinski definition) is 4. The molecule has 0 aliphatic carbocycles. The van der Waals surface area contributed by atoms with Crippen LogP contribution in [0.1, 0.15) is 11.7 Å². The van der Waals surface area contributed by atoms with E-state index >= 15 is 0 Å². The van der Waals surface area contributed by atoms with Crippen LogP contribution in [0.15, 0.2) is 24.3 Å². The summed E-state index contributed by atoms with van der Waals surface area (Å²) in [6, 6.07) is 7.45. The smallest absolute Gasteiger partial charge is 0.337 e. The summed E-state index contributed by atoms with van der Waals surface area (Å²) >= 11 is 0. The zero-order valence-electron chi connectivity index (χ0n) is 10.3. The standard InChI is InChI=1S/C13H17NO4/c1-17-12(13(15)16)10-2-4-11(5-3-10)14-6-8-18-9-7-14/h2-5,12H,6-9H2,1H3,(H,15,16). The number of anilines is 1. The molecule has 0 aromatic heterocycles. The molecule has 1 fully saturated rings. The summed E-state index contributed by atoms with van der Waals surface area (Å²) in [6.45, 7) is 3.20. The van der Waals surface area contributed by atoms with Crippen molar-refractivity contribution in [2.75, 3.05) is 38.3 Å². The Hall–Kier alpha value is -1.59. The Balaban J connectivity index is 2.11. The van der Waals surface area contributed by atoms with Gasteiger partial charge in [0.15, 0.2) is 6.10 Å². The maximum Gasteiger partial charge on any atom is 0.337 e. The molecule has 1 heterocycles. The van der Waals surface area contributed by atoms with Gasteiger partial charge in [0.1, 0.15) is 0 Å². The predicted molar refractivity (Wildman–Crippen MR) is 66.9 cm³/mol. The van der Waals surface area contributed by atoms with E-state index in [-0.39, 0.29) is 0 Å². The van der Waals surface area contributed by atoms with Crippen LogP contribution in [0.4, 0.5) is 5.69 Å². The van der Waals surface area contributed by atoms with Crippen molar-refractivity contribution in [3.8, 4) is 0 Å². The maximum absolute atomic E-state index is 11.0. The number of carboxylic acid groups (broad SMARTS) is 1. The number of methoxy groups -OCH3 is 1. The lowest BCUT2D eigenvalue weighted by molar-refractivity contribution is -0.148. The van der Waals surface area contributed by atoms with Crippen molar-refractivity contribution in [2.24, 2.45) is 0 Å². The van der Waals surface area contributed by atoms with Gasteiger partial charge in [0.25, 0.3) is 0 Å². The van der Waals surface area contributed by atoms with Crippen molar-refractivity contribution in [1.82, 2.24) is 0 Å². The number of aliphatic carboxylic acids is 1. The van der Waals surface area contributed by atoms with Gasteiger partial charge in [0.05, 0.1) is 13.2 Å². The van der Waals surface area contributed by atoms with Gasteiger partial charge in [-0.15, -0.1) is 0 Å². The van der Waals surface area contributed by atoms with E-state index in [0.717, 1.165) is 32.0 Å². The number of rotatable bonds is 4. The molecule has 1 saturated heterocycles. The van der Waals surface area contributed by atoms with Gasteiger partial charge in [-0.2, -0.15) is 0 Å². The molecule has 0 radical (unpaired) electrons. The number of ether oxygens (including phenoxy) is 2. The summed E-state index contributed by atoms with van der Waals surface area (Å²) < 4.78 is 10.2. The van der Waals surface area contributed by atoms with Crippen molar-refractivity contribution in [1.29, 1.82) is 0 Å². The summed E-state index contributed by atoms with van der Waals surface area (Å²) in [5.74, 6) is -0.975. The SMILES string of the molecule is COC(C(=O)O)c1ccc(N2CCOCC2)cc1. The van der Waals surface area contributed by atoms with E-state index in [1.165, 1.54) is 7.11 Å². The molecule has 98 valence electrons. The Morgan fingerprint density at radius 2 is 1.94 bits per heavy atom. The van der Waals surface area contributed by atoms with E-state index in [9.17, 15) is 4.79 Å². The first kappa shape index (κ1) is 12.9. The van der Waals surface area contributed by atoms with Gasteiger partial charge in [-0.1, -0.05) is 12.1 Å². The van der Waals surface area contributed by atoms with Gasteiger partial charge in [-0.3, -0.25) is 0 Å². The quantitative estimate of drug-likeness (QED) is 0.874. The van der Waals surface area contributed by atoms with Crippen molar-refractivity contribution in [3.63, 3.8) is 0 Å². The molecule has 1 aliphatic heterocycles. The fraction of sp³-hybridized carbons (Fsp3) is 0.462. The van der Waals surface area contributed by atoms with Crippen LogP contribution in [0.2, 0.25) is 0 Å². The molecular weight excluding hydrogens is 234 g/mol. The predicted octanol–water partition coefficient (Wildman–Crippen LogP) is 1.30. The molecule has 5 heteroatoms. The lowest BCUT2D eigenvalue weighted by atomic mass is 10.1. The maximum atomic E-state index is 11.0. The van der Waals surface area contributed by atoms with Crippen molar-refractivity contribution < 1.29 is 19.4 Å². The van der Waals surface area contributed by atoms with E-state index in [1.807, 2.05) is 12.1 Å². The second-order valence-corrected chi connectivity index (χ2v) is 4.14. The largest absolute Gasteiger partial charge is 0.479 e. The Labute approximate surface area is 106 Å². The monoisotopic (exact) mass is 251 g/mol. The molecule has 0 spiro atoms. The lowest BCUT2D eigenvalue weighted by Crippen LogP contribution is -2.36. The van der Waals surface area contributed by atoms with Gasteiger partial charge >= 0.3 is 5.97 Å². The van der Waals surface area contributed by atoms with Crippen LogP contribution in [0.25, 0.3) is 0 Å². The molecule has 1 aromatic carbocycles. The molecule has 0 amide bonds. The van der Waals surface area contributed by atoms with Crippen LogP contribution in [-0.4, -0.2) is 44.5 Å². The zero-order valence-corrected chi connectivity index (χ0v) is 10.3. The van der Waals surface area contributed by atoms with Crippen molar-refractivity contribution in [3.05, 3.63) is 29.8 Å². The topological polar surface area (TPSA) is 59.0 Å². The number of morpholine rings is 1. The van der Waals surface area contributed by atoms with Gasteiger partial charge in [0.2, 0.25) is 0 Å². The molecule has 5 nitrogen and oxygen atoms in total. The number of carboxylic acids is 1. The number of benzene rings is 1. The highest BCUT2D eigenvalue weighted by Crippen LogP contribution is 2.22. The summed E-state index contributed by atoms with van der Waals surface area (Å²) in [5.41, 5.74) is 1.74. The van der Waals surface area contributed by atoms with Crippen molar-refractivity contribution >= 4 is 11.7 Å². The molecule has 2 rings (SSSR count). The minimum atomic E-state index is -0.975. The van der Waals surface area contributed by atoms with Crippen molar-refractivity contribution in [2.45, 2.75) is 6.10 Å². The van der Waals surface area contributed by atoms with E-state index in [4.69, 9.17) is 14.6 Å². The number of nitrogens with zero attached hydrogens (tertiary/aromatic N) is 1. The normalized spacial score (nSPS) is 17.5. The fourth-order valence-electron chi connectivity index (χ4n) is 2.06. The average molecular weight is 251 g/mol. The van der Waals surface area contributed by atoms with Crippen LogP contribution < -0.4 is 4.90 Å². The molecule has 1 N–H and O–H groups in total. The van der Waals surface area contributed by atoms with Gasteiger partial charge < -0.3 is 19.5 Å². The first-order valence-corrected chi connectivity index (χ1v) is 5.90. The third-order valence-electron chi connectivity index (χ3n) is 3.03. The number of carbonyl (C=O) groups is 1. The van der Waals surface area contributed by atoms with Crippen LogP contribution in [0.3, 0.4) is 0 Å². The summed E-state index contributed by atoms with van der Waals surface area (Å²) in [6.07, 6.45) is -0.899. The van der Waals surface area contributed by atoms with E-state index in [0.29, 0.717) is 5.56 Å². The Morgan fingerprint density at radius 1 is 1.33 bits per heavy atom. The van der Waals surface area contributed by atoms with Crippen LogP contribution in [-0.2, 0) is 14.3 Å². The second-order valence-electron chi connectivity index (χ2n) is 4.14. The minimum absolute atomic E-state index is 0.655. The van der Waals surface area contributed by atoms with E-state index in [1.54, 1.807) is 12.1 Å². The molecule has 1 atom stereocenters. The molecule has 18 heavy (non-hydrogen) atoms. The zero-order chi connectivity index (χ0) is 13.0. The summed E-state index contributed by atoms with van der Waals surface area (Å²) in [5, 5.41) is 8.99. The van der Waals surface area contributed by atoms with Crippen LogP contribution in [0.5, 0.6) is 0 Å². The summed E-state index contributed by atoms with van der Waals surface area (Å²) in [4.78, 5) is 13.2. The number of hydrogen-bond donors (Lipinski definition) is 1. The summed E-state index contributed by atoms with van der Waals surface area (Å²) in [7, 11) is 1.40. The average Bonchev–Trinajstić information content (AvgIpc) is 2.41.